The van der Waals surface area contributed by atoms with Gasteiger partial charge in [0.25, 0.3) is 0 Å². The number of unbranched alkanes of at least 4 members (excludes halogenated alkanes) is 1. The molecule has 0 fully saturated rings. The van der Waals surface area contributed by atoms with Gasteiger partial charge in [-0.25, -0.2) is 14.4 Å². The van der Waals surface area contributed by atoms with E-state index in [1.54, 1.807) is 6.92 Å². The third kappa shape index (κ3) is 8.01. The standard InChI is InChI=1S/C11H16O6/c1-3-9(12)16-7-5-6-8-17-11(14)10(13)15-4-2/h3H,1,4-8H2,2H3. The van der Waals surface area contributed by atoms with Gasteiger partial charge in [-0.15, -0.1) is 0 Å². The van der Waals surface area contributed by atoms with Crippen LogP contribution >= 0.6 is 0 Å². The normalized spacial score (nSPS) is 9.24. The van der Waals surface area contributed by atoms with Gasteiger partial charge in [0.15, 0.2) is 0 Å². The van der Waals surface area contributed by atoms with Crippen LogP contribution in [0.1, 0.15) is 19.8 Å². The topological polar surface area (TPSA) is 78.9 Å². The Morgan fingerprint density at radius 1 is 1.00 bits per heavy atom. The van der Waals surface area contributed by atoms with Crippen LogP contribution in [0.4, 0.5) is 0 Å². The quantitative estimate of drug-likeness (QED) is 0.214. The molecule has 0 saturated heterocycles. The Kier molecular flexibility index (Phi) is 8.36. The van der Waals surface area contributed by atoms with E-state index in [4.69, 9.17) is 4.74 Å². The van der Waals surface area contributed by atoms with Crippen LogP contribution in [0.15, 0.2) is 12.7 Å². The van der Waals surface area contributed by atoms with Gasteiger partial charge in [0.05, 0.1) is 19.8 Å². The summed E-state index contributed by atoms with van der Waals surface area (Å²) in [5.74, 6) is -2.49. The van der Waals surface area contributed by atoms with Crippen molar-refractivity contribution in [2.24, 2.45) is 0 Å². The van der Waals surface area contributed by atoms with E-state index in [2.05, 4.69) is 16.1 Å². The van der Waals surface area contributed by atoms with Crippen molar-refractivity contribution in [3.63, 3.8) is 0 Å². The summed E-state index contributed by atoms with van der Waals surface area (Å²) in [6.07, 6.45) is 2.10. The monoisotopic (exact) mass is 244 g/mol. The Bertz CT molecular complexity index is 284. The van der Waals surface area contributed by atoms with Gasteiger partial charge < -0.3 is 14.2 Å². The molecular weight excluding hydrogens is 228 g/mol. The zero-order chi connectivity index (χ0) is 13.1. The molecular formula is C11H16O6. The van der Waals surface area contributed by atoms with Gasteiger partial charge in [-0.1, -0.05) is 6.58 Å². The first-order valence-corrected chi connectivity index (χ1v) is 5.24. The van der Waals surface area contributed by atoms with Crippen molar-refractivity contribution < 1.29 is 28.6 Å². The minimum absolute atomic E-state index is 0.0866. The number of ether oxygens (including phenoxy) is 3. The molecule has 0 radical (unpaired) electrons. The molecule has 96 valence electrons. The maximum absolute atomic E-state index is 10.9. The number of esters is 3. The Labute approximate surface area is 99.5 Å². The third-order valence-corrected chi connectivity index (χ3v) is 1.62. The third-order valence-electron chi connectivity index (χ3n) is 1.62. The largest absolute Gasteiger partial charge is 0.463 e. The molecule has 0 spiro atoms. The summed E-state index contributed by atoms with van der Waals surface area (Å²) in [5, 5.41) is 0. The van der Waals surface area contributed by atoms with Gasteiger partial charge in [-0.3, -0.25) is 0 Å². The Hall–Kier alpha value is -1.85. The molecule has 0 aromatic rings. The Balaban J connectivity index is 3.45. The lowest BCUT2D eigenvalue weighted by atomic mass is 10.3. The summed E-state index contributed by atoms with van der Waals surface area (Å²) >= 11 is 0. The van der Waals surface area contributed by atoms with Crippen molar-refractivity contribution in [2.45, 2.75) is 19.8 Å². The highest BCUT2D eigenvalue weighted by Crippen LogP contribution is 1.94. The lowest BCUT2D eigenvalue weighted by Crippen LogP contribution is -2.20. The molecule has 0 amide bonds. The van der Waals surface area contributed by atoms with Gasteiger partial charge in [0, 0.05) is 6.08 Å². The first-order valence-electron chi connectivity index (χ1n) is 5.24. The van der Waals surface area contributed by atoms with E-state index < -0.39 is 17.9 Å². The molecule has 0 heterocycles. The molecule has 0 atom stereocenters. The summed E-state index contributed by atoms with van der Waals surface area (Å²) < 4.78 is 13.7. The van der Waals surface area contributed by atoms with E-state index in [1.807, 2.05) is 0 Å². The SMILES string of the molecule is C=CC(=O)OCCCCOC(=O)C(=O)OCC. The minimum Gasteiger partial charge on any atom is -0.463 e. The first kappa shape index (κ1) is 15.2. The number of rotatable bonds is 7. The van der Waals surface area contributed by atoms with Crippen molar-refractivity contribution >= 4 is 17.9 Å². The van der Waals surface area contributed by atoms with Crippen LogP contribution in [0.5, 0.6) is 0 Å². The summed E-state index contributed by atoms with van der Waals surface area (Å²) in [6, 6.07) is 0. The molecule has 0 aromatic carbocycles. The van der Waals surface area contributed by atoms with Crippen LogP contribution < -0.4 is 0 Å². The second-order valence-corrected chi connectivity index (χ2v) is 2.94. The Morgan fingerprint density at radius 2 is 1.53 bits per heavy atom. The molecule has 0 bridgehead atoms. The van der Waals surface area contributed by atoms with E-state index in [0.29, 0.717) is 12.8 Å². The molecule has 0 saturated carbocycles. The minimum atomic E-state index is -1.00. The second-order valence-electron chi connectivity index (χ2n) is 2.94. The average Bonchev–Trinajstić information content (AvgIpc) is 2.33. The highest BCUT2D eigenvalue weighted by Gasteiger charge is 2.15. The van der Waals surface area contributed by atoms with Crippen molar-refractivity contribution in [1.29, 1.82) is 0 Å². The van der Waals surface area contributed by atoms with Gasteiger partial charge in [0.2, 0.25) is 0 Å². The zero-order valence-electron chi connectivity index (χ0n) is 9.77. The van der Waals surface area contributed by atoms with Crippen LogP contribution in [-0.4, -0.2) is 37.7 Å². The van der Waals surface area contributed by atoms with E-state index in [9.17, 15) is 14.4 Å². The number of hydrogen-bond donors (Lipinski definition) is 0. The van der Waals surface area contributed by atoms with Crippen LogP contribution in [0.2, 0.25) is 0 Å². The molecule has 0 rings (SSSR count). The van der Waals surface area contributed by atoms with Crippen molar-refractivity contribution in [3.05, 3.63) is 12.7 Å². The molecule has 0 aliphatic carbocycles. The molecule has 0 N–H and O–H groups in total. The molecule has 6 heteroatoms. The molecule has 0 unspecified atom stereocenters. The summed E-state index contributed by atoms with van der Waals surface area (Å²) in [7, 11) is 0. The average molecular weight is 244 g/mol. The van der Waals surface area contributed by atoms with Crippen LogP contribution in [0.25, 0.3) is 0 Å². The van der Waals surface area contributed by atoms with E-state index in [1.165, 1.54) is 0 Å². The second kappa shape index (κ2) is 9.38. The Morgan fingerprint density at radius 3 is 2.06 bits per heavy atom. The van der Waals surface area contributed by atoms with Gasteiger partial charge in [-0.05, 0) is 19.8 Å². The fourth-order valence-corrected chi connectivity index (χ4v) is 0.850. The first-order chi connectivity index (χ1) is 8.11. The maximum Gasteiger partial charge on any atom is 0.417 e. The van der Waals surface area contributed by atoms with Crippen LogP contribution in [0, 0.1) is 0 Å². The summed E-state index contributed by atoms with van der Waals surface area (Å²) in [6.45, 7) is 5.28. The van der Waals surface area contributed by atoms with Gasteiger partial charge >= 0.3 is 17.9 Å². The van der Waals surface area contributed by atoms with Gasteiger partial charge in [0.1, 0.15) is 0 Å². The highest BCUT2D eigenvalue weighted by atomic mass is 16.6. The van der Waals surface area contributed by atoms with Crippen molar-refractivity contribution in [3.8, 4) is 0 Å². The molecule has 0 aliphatic rings. The van der Waals surface area contributed by atoms with Crippen molar-refractivity contribution in [2.75, 3.05) is 19.8 Å². The van der Waals surface area contributed by atoms with E-state index >= 15 is 0 Å². The fraction of sp³-hybridized carbons (Fsp3) is 0.545. The maximum atomic E-state index is 10.9. The summed E-state index contributed by atoms with van der Waals surface area (Å²) in [5.41, 5.74) is 0. The van der Waals surface area contributed by atoms with E-state index in [0.717, 1.165) is 6.08 Å². The highest BCUT2D eigenvalue weighted by molar-refractivity contribution is 6.29. The lowest BCUT2D eigenvalue weighted by Gasteiger charge is -2.04. The smallest absolute Gasteiger partial charge is 0.417 e. The molecule has 6 nitrogen and oxygen atoms in total. The number of hydrogen-bond acceptors (Lipinski definition) is 6. The van der Waals surface area contributed by atoms with E-state index in [-0.39, 0.29) is 19.8 Å². The number of carbonyl (C=O) groups is 3. The fourth-order valence-electron chi connectivity index (χ4n) is 0.850. The zero-order valence-corrected chi connectivity index (χ0v) is 9.77. The number of carbonyl (C=O) groups excluding carboxylic acids is 3. The van der Waals surface area contributed by atoms with Gasteiger partial charge in [-0.2, -0.15) is 0 Å². The van der Waals surface area contributed by atoms with Crippen LogP contribution in [-0.2, 0) is 28.6 Å². The summed E-state index contributed by atoms with van der Waals surface area (Å²) in [4.78, 5) is 32.4. The van der Waals surface area contributed by atoms with Crippen LogP contribution in [0.3, 0.4) is 0 Å². The predicted molar refractivity (Wildman–Crippen MR) is 58.0 cm³/mol. The van der Waals surface area contributed by atoms with Crippen molar-refractivity contribution in [1.82, 2.24) is 0 Å². The molecule has 17 heavy (non-hydrogen) atoms. The molecule has 0 aliphatic heterocycles. The predicted octanol–water partition coefficient (Wildman–Crippen LogP) is 0.602. The lowest BCUT2D eigenvalue weighted by molar-refractivity contribution is -0.167. The molecule has 0 aromatic heterocycles.